The minimum Gasteiger partial charge on any atom is -0.384 e. The lowest BCUT2D eigenvalue weighted by Crippen LogP contribution is -1.97. The van der Waals surface area contributed by atoms with Crippen LogP contribution in [-0.4, -0.2) is 23.9 Å². The van der Waals surface area contributed by atoms with Crippen LogP contribution in [0.15, 0.2) is 22.7 Å². The highest BCUT2D eigenvalue weighted by Gasteiger charge is 2.12. The maximum atomic E-state index is 13.6. The number of nitrogens with zero attached hydrogens (tertiary/aromatic N) is 2. The van der Waals surface area contributed by atoms with E-state index in [0.717, 1.165) is 0 Å². The van der Waals surface area contributed by atoms with E-state index in [1.165, 1.54) is 6.07 Å². The summed E-state index contributed by atoms with van der Waals surface area (Å²) >= 11 is 5.92. The van der Waals surface area contributed by atoms with Gasteiger partial charge in [0.25, 0.3) is 0 Å². The van der Waals surface area contributed by atoms with Crippen LogP contribution >= 0.6 is 11.6 Å². The lowest BCUT2D eigenvalue weighted by molar-refractivity contribution is 0.192. The van der Waals surface area contributed by atoms with Gasteiger partial charge >= 0.3 is 0 Å². The summed E-state index contributed by atoms with van der Waals surface area (Å²) in [4.78, 5) is 4.14. The topological polar surface area (TPSA) is 48.2 Å². The van der Waals surface area contributed by atoms with E-state index < -0.39 is 0 Å². The molecule has 0 saturated carbocycles. The number of benzene rings is 1. The van der Waals surface area contributed by atoms with Crippen molar-refractivity contribution in [1.29, 1.82) is 0 Å². The van der Waals surface area contributed by atoms with E-state index in [-0.39, 0.29) is 12.2 Å². The summed E-state index contributed by atoms with van der Waals surface area (Å²) in [6.45, 7) is 0.502. The van der Waals surface area contributed by atoms with Gasteiger partial charge in [0, 0.05) is 24.1 Å². The van der Waals surface area contributed by atoms with Crippen LogP contribution in [0, 0.1) is 5.82 Å². The summed E-state index contributed by atoms with van der Waals surface area (Å²) in [6, 6.07) is 4.54. The van der Waals surface area contributed by atoms with E-state index in [1.54, 1.807) is 19.2 Å². The average Bonchev–Trinajstić information content (AvgIpc) is 2.79. The van der Waals surface area contributed by atoms with E-state index in [9.17, 15) is 4.39 Å². The molecule has 0 spiro atoms. The van der Waals surface area contributed by atoms with Crippen molar-refractivity contribution in [2.24, 2.45) is 0 Å². The largest absolute Gasteiger partial charge is 0.384 e. The maximum Gasteiger partial charge on any atom is 0.228 e. The Bertz CT molecular complexity index is 510. The van der Waals surface area contributed by atoms with Gasteiger partial charge in [0.2, 0.25) is 5.89 Å². The number of rotatable bonds is 5. The third kappa shape index (κ3) is 3.05. The molecule has 0 bridgehead atoms. The molecule has 1 aromatic heterocycles. The Morgan fingerprint density at radius 3 is 3.00 bits per heavy atom. The fourth-order valence-electron chi connectivity index (χ4n) is 1.51. The van der Waals surface area contributed by atoms with Gasteiger partial charge in [-0.25, -0.2) is 4.39 Å². The van der Waals surface area contributed by atoms with Crippen molar-refractivity contribution in [3.8, 4) is 0 Å². The van der Waals surface area contributed by atoms with Crippen molar-refractivity contribution in [2.45, 2.75) is 12.8 Å². The summed E-state index contributed by atoms with van der Waals surface area (Å²) in [5.74, 6) is 0.512. The molecule has 0 saturated heterocycles. The normalized spacial score (nSPS) is 10.8. The fraction of sp³-hybridized carbons (Fsp3) is 0.333. The molecule has 18 heavy (non-hydrogen) atoms. The summed E-state index contributed by atoms with van der Waals surface area (Å²) in [7, 11) is 1.59. The van der Waals surface area contributed by atoms with Crippen molar-refractivity contribution in [1.82, 2.24) is 10.1 Å². The van der Waals surface area contributed by atoms with Crippen molar-refractivity contribution >= 4 is 11.6 Å². The van der Waals surface area contributed by atoms with E-state index in [1.807, 2.05) is 0 Å². The first-order valence-corrected chi connectivity index (χ1v) is 5.82. The second kappa shape index (κ2) is 5.93. The monoisotopic (exact) mass is 270 g/mol. The van der Waals surface area contributed by atoms with Crippen LogP contribution in [0.5, 0.6) is 0 Å². The molecular formula is C12H12ClFN2O2. The van der Waals surface area contributed by atoms with Gasteiger partial charge in [-0.3, -0.25) is 0 Å². The fourth-order valence-corrected chi connectivity index (χ4v) is 1.74. The molecular weight excluding hydrogens is 259 g/mol. The lowest BCUT2D eigenvalue weighted by Gasteiger charge is -2.01. The molecule has 4 nitrogen and oxygen atoms in total. The Morgan fingerprint density at radius 2 is 2.28 bits per heavy atom. The third-order valence-corrected chi connectivity index (χ3v) is 2.78. The quantitative estimate of drug-likeness (QED) is 0.838. The van der Waals surface area contributed by atoms with Crippen LogP contribution in [0.25, 0.3) is 0 Å². The number of halogens is 2. The molecule has 2 rings (SSSR count). The zero-order valence-electron chi connectivity index (χ0n) is 9.82. The molecule has 1 heterocycles. The standard InChI is InChI=1S/C12H12ClFN2O2/c1-17-6-5-12-15-11(16-18-12)7-8-9(13)3-2-4-10(8)14/h2-4H,5-7H2,1H3. The number of methoxy groups -OCH3 is 1. The Labute approximate surface area is 109 Å². The average molecular weight is 271 g/mol. The molecule has 0 atom stereocenters. The highest BCUT2D eigenvalue weighted by atomic mass is 35.5. The van der Waals surface area contributed by atoms with E-state index >= 15 is 0 Å². The Hall–Kier alpha value is -1.46. The molecule has 0 aliphatic heterocycles. The SMILES string of the molecule is COCCc1nc(Cc2c(F)cccc2Cl)no1. The first kappa shape index (κ1) is 13.0. The van der Waals surface area contributed by atoms with Crippen LogP contribution < -0.4 is 0 Å². The minimum atomic E-state index is -0.370. The predicted octanol–water partition coefficient (Wildman–Crippen LogP) is 2.64. The molecule has 2 aromatic rings. The molecule has 0 unspecified atom stereocenters. The number of aromatic nitrogens is 2. The summed E-state index contributed by atoms with van der Waals surface area (Å²) < 4.78 is 23.5. The summed E-state index contributed by atoms with van der Waals surface area (Å²) in [5, 5.41) is 4.14. The van der Waals surface area contributed by atoms with Crippen LogP contribution in [0.2, 0.25) is 5.02 Å². The van der Waals surface area contributed by atoms with Crippen LogP contribution in [0.3, 0.4) is 0 Å². The second-order valence-corrected chi connectivity index (χ2v) is 4.13. The van der Waals surface area contributed by atoms with E-state index in [4.69, 9.17) is 20.9 Å². The van der Waals surface area contributed by atoms with Crippen LogP contribution in [0.4, 0.5) is 4.39 Å². The van der Waals surface area contributed by atoms with Crippen molar-refractivity contribution in [2.75, 3.05) is 13.7 Å². The van der Waals surface area contributed by atoms with Gasteiger partial charge in [0.05, 0.1) is 13.0 Å². The highest BCUT2D eigenvalue weighted by Crippen LogP contribution is 2.21. The van der Waals surface area contributed by atoms with Crippen LogP contribution in [0.1, 0.15) is 17.3 Å². The molecule has 0 amide bonds. The Balaban J connectivity index is 2.11. The molecule has 0 aliphatic rings. The van der Waals surface area contributed by atoms with Gasteiger partial charge in [0.1, 0.15) is 5.82 Å². The summed E-state index contributed by atoms with van der Waals surface area (Å²) in [6.07, 6.45) is 0.747. The Kier molecular flexibility index (Phi) is 4.28. The number of hydrogen-bond acceptors (Lipinski definition) is 4. The molecule has 96 valence electrons. The van der Waals surface area contributed by atoms with Gasteiger partial charge in [-0.2, -0.15) is 4.98 Å². The minimum absolute atomic E-state index is 0.210. The van der Waals surface area contributed by atoms with Gasteiger partial charge in [-0.1, -0.05) is 22.8 Å². The van der Waals surface area contributed by atoms with Crippen LogP contribution in [-0.2, 0) is 17.6 Å². The molecule has 0 fully saturated rings. The van der Waals surface area contributed by atoms with Gasteiger partial charge in [0.15, 0.2) is 5.82 Å². The molecule has 0 N–H and O–H groups in total. The summed E-state index contributed by atoms with van der Waals surface area (Å²) in [5.41, 5.74) is 0.373. The number of hydrogen-bond donors (Lipinski definition) is 0. The molecule has 6 heteroatoms. The van der Waals surface area contributed by atoms with Crippen molar-refractivity contribution < 1.29 is 13.7 Å². The lowest BCUT2D eigenvalue weighted by atomic mass is 10.1. The first-order chi connectivity index (χ1) is 8.70. The molecule has 0 radical (unpaired) electrons. The zero-order chi connectivity index (χ0) is 13.0. The van der Waals surface area contributed by atoms with E-state index in [2.05, 4.69) is 10.1 Å². The predicted molar refractivity (Wildman–Crippen MR) is 64.1 cm³/mol. The zero-order valence-corrected chi connectivity index (χ0v) is 10.6. The van der Waals surface area contributed by atoms with Gasteiger partial charge in [-0.15, -0.1) is 0 Å². The van der Waals surface area contributed by atoms with E-state index in [0.29, 0.717) is 35.3 Å². The van der Waals surface area contributed by atoms with Gasteiger partial charge in [-0.05, 0) is 12.1 Å². The Morgan fingerprint density at radius 1 is 1.44 bits per heavy atom. The smallest absolute Gasteiger partial charge is 0.228 e. The second-order valence-electron chi connectivity index (χ2n) is 3.72. The number of ether oxygens (including phenoxy) is 1. The van der Waals surface area contributed by atoms with Gasteiger partial charge < -0.3 is 9.26 Å². The first-order valence-electron chi connectivity index (χ1n) is 5.44. The highest BCUT2D eigenvalue weighted by molar-refractivity contribution is 6.31. The van der Waals surface area contributed by atoms with Crippen molar-refractivity contribution in [3.05, 3.63) is 46.3 Å². The molecule has 1 aromatic carbocycles. The maximum absolute atomic E-state index is 13.6. The third-order valence-electron chi connectivity index (χ3n) is 2.43. The van der Waals surface area contributed by atoms with Crippen molar-refractivity contribution in [3.63, 3.8) is 0 Å². The molecule has 0 aliphatic carbocycles.